The minimum atomic E-state index is -1.42. The Hall–Kier alpha value is -1.24. The summed E-state index contributed by atoms with van der Waals surface area (Å²) in [6, 6.07) is 5.48. The SMILES string of the molecule is O=C(NCC12CC3C[C@@](F)(C1)C[C@](F)(C3)C2)c1cc(CCCNCCCO)ccc1Cl. The van der Waals surface area contributed by atoms with Crippen molar-refractivity contribution in [2.24, 2.45) is 11.3 Å². The highest BCUT2D eigenvalue weighted by molar-refractivity contribution is 6.33. The number of hydrogen-bond donors (Lipinski definition) is 3. The third-order valence-electron chi connectivity index (χ3n) is 7.28. The highest BCUT2D eigenvalue weighted by atomic mass is 35.5. The van der Waals surface area contributed by atoms with E-state index in [1.807, 2.05) is 12.1 Å². The van der Waals surface area contributed by atoms with Crippen molar-refractivity contribution in [2.45, 2.75) is 69.1 Å². The second kappa shape index (κ2) is 8.95. The number of carbonyl (C=O) groups is 1. The van der Waals surface area contributed by atoms with Crippen molar-refractivity contribution in [1.82, 2.24) is 10.6 Å². The fraction of sp³-hybridized carbons (Fsp3) is 0.708. The van der Waals surface area contributed by atoms with Gasteiger partial charge < -0.3 is 15.7 Å². The third kappa shape index (κ3) is 5.23. The van der Waals surface area contributed by atoms with Gasteiger partial charge in [0.2, 0.25) is 0 Å². The summed E-state index contributed by atoms with van der Waals surface area (Å²) in [5.41, 5.74) is -1.87. The molecule has 2 unspecified atom stereocenters. The Morgan fingerprint density at radius 3 is 2.48 bits per heavy atom. The van der Waals surface area contributed by atoms with Crippen molar-refractivity contribution in [3.8, 4) is 0 Å². The van der Waals surface area contributed by atoms with E-state index in [9.17, 15) is 4.79 Å². The summed E-state index contributed by atoms with van der Waals surface area (Å²) in [6.45, 7) is 2.11. The highest BCUT2D eigenvalue weighted by Gasteiger charge is 2.64. The van der Waals surface area contributed by atoms with E-state index in [2.05, 4.69) is 10.6 Å². The lowest BCUT2D eigenvalue weighted by Gasteiger charge is -2.61. The Balaban J connectivity index is 1.34. The van der Waals surface area contributed by atoms with Gasteiger partial charge in [0.15, 0.2) is 0 Å². The predicted octanol–water partition coefficient (Wildman–Crippen LogP) is 4.38. The fourth-order valence-electron chi connectivity index (χ4n) is 6.60. The molecule has 4 fully saturated rings. The molecule has 1 amide bonds. The van der Waals surface area contributed by atoms with Crippen LogP contribution in [0.25, 0.3) is 0 Å². The van der Waals surface area contributed by atoms with Crippen molar-refractivity contribution in [3.05, 3.63) is 34.3 Å². The van der Waals surface area contributed by atoms with Crippen LogP contribution in [-0.4, -0.2) is 48.6 Å². The van der Waals surface area contributed by atoms with E-state index in [4.69, 9.17) is 16.7 Å². The lowest BCUT2D eigenvalue weighted by Crippen LogP contribution is -2.62. The number of aliphatic hydroxyl groups is 1. The average molecular weight is 455 g/mol. The molecule has 7 heteroatoms. The zero-order valence-corrected chi connectivity index (χ0v) is 18.7. The van der Waals surface area contributed by atoms with E-state index in [0.717, 1.165) is 44.3 Å². The van der Waals surface area contributed by atoms with Crippen LogP contribution in [0.5, 0.6) is 0 Å². The zero-order valence-electron chi connectivity index (χ0n) is 18.0. The van der Waals surface area contributed by atoms with Gasteiger partial charge in [-0.25, -0.2) is 8.78 Å². The number of carbonyl (C=O) groups excluding carboxylic acids is 1. The maximum atomic E-state index is 15.2. The van der Waals surface area contributed by atoms with Crippen LogP contribution < -0.4 is 10.6 Å². The summed E-state index contributed by atoms with van der Waals surface area (Å²) in [4.78, 5) is 12.9. The molecule has 0 radical (unpaired) electrons. The Morgan fingerprint density at radius 1 is 1.10 bits per heavy atom. The largest absolute Gasteiger partial charge is 0.396 e. The molecule has 0 aromatic heterocycles. The van der Waals surface area contributed by atoms with Gasteiger partial charge >= 0.3 is 0 Å². The molecule has 0 spiro atoms. The molecule has 0 saturated heterocycles. The van der Waals surface area contributed by atoms with E-state index in [0.29, 0.717) is 42.8 Å². The first-order chi connectivity index (χ1) is 14.7. The number of aryl methyl sites for hydroxylation is 1. The van der Waals surface area contributed by atoms with Crippen molar-refractivity contribution in [1.29, 1.82) is 0 Å². The summed E-state index contributed by atoms with van der Waals surface area (Å²) in [5.74, 6) is -0.189. The molecule has 0 aliphatic heterocycles. The second-order valence-electron chi connectivity index (χ2n) is 10.2. The molecule has 1 aromatic carbocycles. The minimum Gasteiger partial charge on any atom is -0.396 e. The van der Waals surface area contributed by atoms with E-state index in [1.54, 1.807) is 6.07 Å². The predicted molar refractivity (Wildman–Crippen MR) is 118 cm³/mol. The Morgan fingerprint density at radius 2 is 1.81 bits per heavy atom. The molecule has 4 bridgehead atoms. The molecule has 4 saturated carbocycles. The van der Waals surface area contributed by atoms with Crippen LogP contribution >= 0.6 is 11.6 Å². The number of halogens is 3. The molecule has 31 heavy (non-hydrogen) atoms. The number of nitrogens with one attached hydrogen (secondary N) is 2. The molecular weight excluding hydrogens is 422 g/mol. The topological polar surface area (TPSA) is 61.4 Å². The summed E-state index contributed by atoms with van der Waals surface area (Å²) in [7, 11) is 0. The third-order valence-corrected chi connectivity index (χ3v) is 7.61. The molecule has 4 atom stereocenters. The summed E-state index contributed by atoms with van der Waals surface area (Å²) >= 11 is 6.29. The van der Waals surface area contributed by atoms with Crippen LogP contribution in [-0.2, 0) is 6.42 Å². The molecule has 4 nitrogen and oxygen atoms in total. The van der Waals surface area contributed by atoms with Gasteiger partial charge in [0.1, 0.15) is 11.3 Å². The van der Waals surface area contributed by atoms with Crippen LogP contribution in [0.15, 0.2) is 18.2 Å². The first-order valence-corrected chi connectivity index (χ1v) is 11.9. The van der Waals surface area contributed by atoms with Crippen molar-refractivity contribution in [3.63, 3.8) is 0 Å². The molecule has 172 valence electrons. The average Bonchev–Trinajstić information content (AvgIpc) is 2.67. The summed E-state index contributed by atoms with van der Waals surface area (Å²) in [5, 5.41) is 15.4. The minimum absolute atomic E-state index is 0.0227. The number of amides is 1. The summed E-state index contributed by atoms with van der Waals surface area (Å²) in [6.07, 6.45) is 4.91. The molecule has 3 N–H and O–H groups in total. The van der Waals surface area contributed by atoms with Gasteiger partial charge in [0, 0.05) is 19.6 Å². The summed E-state index contributed by atoms with van der Waals surface area (Å²) < 4.78 is 30.3. The Bertz CT molecular complexity index is 803. The maximum Gasteiger partial charge on any atom is 0.252 e. The van der Waals surface area contributed by atoms with Gasteiger partial charge in [-0.05, 0) is 93.5 Å². The van der Waals surface area contributed by atoms with Crippen molar-refractivity contribution >= 4 is 17.5 Å². The van der Waals surface area contributed by atoms with E-state index in [-0.39, 0.29) is 24.9 Å². The van der Waals surface area contributed by atoms with Gasteiger partial charge in [-0.15, -0.1) is 0 Å². The maximum absolute atomic E-state index is 15.2. The Kier molecular flexibility index (Phi) is 6.62. The molecule has 5 rings (SSSR count). The smallest absolute Gasteiger partial charge is 0.252 e. The standard InChI is InChI=1S/C24H33ClF2N2O2/c25-20-5-4-17(3-1-6-28-7-2-8-30)9-19(20)21(31)29-16-22-10-18-11-23(26,13-22)15-24(27,12-18)14-22/h4-5,9,18,28,30H,1-3,6-8,10-16H2,(H,29,31)/t18?,22?,23-,24+. The van der Waals surface area contributed by atoms with Crippen LogP contribution in [0.3, 0.4) is 0 Å². The molecule has 0 heterocycles. The quantitative estimate of drug-likeness (QED) is 0.460. The van der Waals surface area contributed by atoms with Crippen molar-refractivity contribution in [2.75, 3.05) is 26.2 Å². The lowest BCUT2D eigenvalue weighted by molar-refractivity contribution is -0.172. The normalized spacial score (nSPS) is 33.6. The number of benzene rings is 1. The molecular formula is C24H33ClF2N2O2. The lowest BCUT2D eigenvalue weighted by atomic mass is 9.47. The van der Waals surface area contributed by atoms with E-state index >= 15 is 8.78 Å². The first kappa shape index (κ1) is 22.9. The van der Waals surface area contributed by atoms with Crippen LogP contribution in [0.2, 0.25) is 5.02 Å². The van der Waals surface area contributed by atoms with E-state index in [1.165, 1.54) is 0 Å². The number of aliphatic hydroxyl groups excluding tert-OH is 1. The van der Waals surface area contributed by atoms with E-state index < -0.39 is 16.8 Å². The van der Waals surface area contributed by atoms with Gasteiger partial charge in [-0.2, -0.15) is 0 Å². The van der Waals surface area contributed by atoms with Gasteiger partial charge in [-0.1, -0.05) is 17.7 Å². The van der Waals surface area contributed by atoms with Gasteiger partial charge in [0.25, 0.3) is 5.91 Å². The number of hydrogen-bond acceptors (Lipinski definition) is 3. The van der Waals surface area contributed by atoms with Crippen molar-refractivity contribution < 1.29 is 18.7 Å². The fourth-order valence-corrected chi connectivity index (χ4v) is 6.81. The zero-order chi connectivity index (χ0) is 22.1. The van der Waals surface area contributed by atoms with Crippen LogP contribution in [0, 0.1) is 11.3 Å². The van der Waals surface area contributed by atoms with Gasteiger partial charge in [0.05, 0.1) is 10.6 Å². The molecule has 4 aliphatic carbocycles. The molecule has 4 aliphatic rings. The second-order valence-corrected chi connectivity index (χ2v) is 10.6. The molecule has 1 aromatic rings. The number of alkyl halides is 2. The number of rotatable bonds is 10. The van der Waals surface area contributed by atoms with Crippen LogP contribution in [0.4, 0.5) is 8.78 Å². The Labute approximate surface area is 188 Å². The van der Waals surface area contributed by atoms with Gasteiger partial charge in [-0.3, -0.25) is 4.79 Å². The van der Waals surface area contributed by atoms with Crippen LogP contribution in [0.1, 0.15) is 67.3 Å². The monoisotopic (exact) mass is 454 g/mol. The highest BCUT2D eigenvalue weighted by Crippen LogP contribution is 2.65. The first-order valence-electron chi connectivity index (χ1n) is 11.5.